The van der Waals surface area contributed by atoms with Crippen molar-refractivity contribution in [2.45, 2.75) is 0 Å². The van der Waals surface area contributed by atoms with Gasteiger partial charge in [0.25, 0.3) is 0 Å². The molecule has 0 spiro atoms. The molecule has 0 saturated heterocycles. The fourth-order valence-corrected chi connectivity index (χ4v) is 0.742. The number of benzene rings is 1. The minimum Gasteiger partial charge on any atom is -0.411 e. The minimum absolute atomic E-state index is 0.269. The Morgan fingerprint density at radius 1 is 1.36 bits per heavy atom. The van der Waals surface area contributed by atoms with Gasteiger partial charge in [0.05, 0.1) is 6.21 Å². The maximum atomic E-state index is 10.1. The van der Waals surface area contributed by atoms with Crippen molar-refractivity contribution in [2.24, 2.45) is 10.3 Å². The van der Waals surface area contributed by atoms with Crippen LogP contribution in [0.5, 0.6) is 0 Å². The Balaban J connectivity index is 3.11. The number of nitrogens with zero attached hydrogens (tertiary/aromatic N) is 2. The summed E-state index contributed by atoms with van der Waals surface area (Å²) in [5.74, 6) is 0. The molecule has 11 heavy (non-hydrogen) atoms. The van der Waals surface area contributed by atoms with Gasteiger partial charge in [-0.3, -0.25) is 0 Å². The van der Waals surface area contributed by atoms with Gasteiger partial charge in [0.2, 0.25) is 0 Å². The maximum absolute atomic E-state index is 10.1. The highest BCUT2D eigenvalue weighted by atomic mass is 16.4. The van der Waals surface area contributed by atoms with Gasteiger partial charge in [-0.2, -0.15) is 0 Å². The molecule has 0 amide bonds. The van der Waals surface area contributed by atoms with Crippen molar-refractivity contribution >= 4 is 11.9 Å². The minimum atomic E-state index is 0.269. The van der Waals surface area contributed by atoms with Crippen molar-refractivity contribution in [2.75, 3.05) is 0 Å². The SMILES string of the molecule is O=Nc1ccccc1/C=N/O. The van der Waals surface area contributed by atoms with E-state index in [0.717, 1.165) is 6.21 Å². The maximum Gasteiger partial charge on any atom is 0.116 e. The van der Waals surface area contributed by atoms with Gasteiger partial charge in [0, 0.05) is 5.56 Å². The Bertz CT molecular complexity index is 284. The van der Waals surface area contributed by atoms with Gasteiger partial charge in [-0.25, -0.2) is 0 Å². The summed E-state index contributed by atoms with van der Waals surface area (Å²) in [6.07, 6.45) is 1.16. The summed E-state index contributed by atoms with van der Waals surface area (Å²) in [5.41, 5.74) is 0.773. The van der Waals surface area contributed by atoms with Gasteiger partial charge in [-0.15, -0.1) is 4.91 Å². The second-order valence-corrected chi connectivity index (χ2v) is 1.89. The molecule has 0 radical (unpaired) electrons. The van der Waals surface area contributed by atoms with Crippen LogP contribution in [0.25, 0.3) is 0 Å². The zero-order valence-corrected chi connectivity index (χ0v) is 5.64. The van der Waals surface area contributed by atoms with E-state index in [1.54, 1.807) is 24.3 Å². The third-order valence-corrected chi connectivity index (χ3v) is 1.23. The van der Waals surface area contributed by atoms with E-state index in [2.05, 4.69) is 10.3 Å². The van der Waals surface area contributed by atoms with Gasteiger partial charge in [0.1, 0.15) is 5.69 Å². The summed E-state index contributed by atoms with van der Waals surface area (Å²) < 4.78 is 0. The summed E-state index contributed by atoms with van der Waals surface area (Å²) in [4.78, 5) is 10.1. The van der Waals surface area contributed by atoms with Crippen molar-refractivity contribution in [3.63, 3.8) is 0 Å². The molecule has 1 aromatic carbocycles. The molecule has 0 aliphatic rings. The number of hydrogen-bond acceptors (Lipinski definition) is 4. The van der Waals surface area contributed by atoms with Crippen molar-refractivity contribution in [1.29, 1.82) is 0 Å². The standard InChI is InChI=1S/C7H6N2O2/c10-8-5-6-3-1-2-4-7(6)9-11/h1-5,10H/b8-5+. The van der Waals surface area contributed by atoms with Crippen LogP contribution in [0.4, 0.5) is 5.69 Å². The first-order chi connectivity index (χ1) is 5.38. The Hall–Kier alpha value is -1.71. The van der Waals surface area contributed by atoms with Gasteiger partial charge in [-0.1, -0.05) is 23.4 Å². The van der Waals surface area contributed by atoms with Crippen LogP contribution < -0.4 is 0 Å². The third-order valence-electron chi connectivity index (χ3n) is 1.23. The van der Waals surface area contributed by atoms with E-state index >= 15 is 0 Å². The number of nitroso groups, excluding NO2 is 1. The summed E-state index contributed by atoms with van der Waals surface area (Å²) in [6.45, 7) is 0. The fraction of sp³-hybridized carbons (Fsp3) is 0. The average Bonchev–Trinajstić information content (AvgIpc) is 2.06. The second-order valence-electron chi connectivity index (χ2n) is 1.89. The third kappa shape index (κ3) is 1.61. The summed E-state index contributed by atoms with van der Waals surface area (Å²) in [6, 6.07) is 6.59. The van der Waals surface area contributed by atoms with E-state index in [4.69, 9.17) is 5.21 Å². The van der Waals surface area contributed by atoms with Crippen molar-refractivity contribution in [3.05, 3.63) is 34.7 Å². The van der Waals surface area contributed by atoms with Crippen LogP contribution in [0.3, 0.4) is 0 Å². The lowest BCUT2D eigenvalue weighted by Crippen LogP contribution is -1.79. The molecule has 0 bridgehead atoms. The van der Waals surface area contributed by atoms with Crippen molar-refractivity contribution in [3.8, 4) is 0 Å². The van der Waals surface area contributed by atoms with Crippen LogP contribution in [0.2, 0.25) is 0 Å². The molecule has 0 unspecified atom stereocenters. The molecule has 0 atom stereocenters. The van der Waals surface area contributed by atoms with Crippen molar-refractivity contribution in [1.82, 2.24) is 0 Å². The highest BCUT2D eigenvalue weighted by Crippen LogP contribution is 2.15. The fourth-order valence-electron chi connectivity index (χ4n) is 0.742. The Morgan fingerprint density at radius 2 is 2.09 bits per heavy atom. The highest BCUT2D eigenvalue weighted by Gasteiger charge is 1.96. The molecule has 1 N–H and O–H groups in total. The summed E-state index contributed by atoms with van der Waals surface area (Å²) in [7, 11) is 0. The van der Waals surface area contributed by atoms with E-state index < -0.39 is 0 Å². The summed E-state index contributed by atoms with van der Waals surface area (Å²) in [5, 5.41) is 13.7. The second kappa shape index (κ2) is 3.46. The molecule has 0 aliphatic heterocycles. The van der Waals surface area contributed by atoms with Crippen LogP contribution >= 0.6 is 0 Å². The van der Waals surface area contributed by atoms with E-state index in [0.29, 0.717) is 5.56 Å². The summed E-state index contributed by atoms with van der Waals surface area (Å²) >= 11 is 0. The lowest BCUT2D eigenvalue weighted by Gasteiger charge is -1.92. The van der Waals surface area contributed by atoms with Crippen molar-refractivity contribution < 1.29 is 5.21 Å². The highest BCUT2D eigenvalue weighted by molar-refractivity contribution is 5.85. The first kappa shape index (κ1) is 7.40. The Morgan fingerprint density at radius 3 is 2.73 bits per heavy atom. The van der Waals surface area contributed by atoms with Crippen LogP contribution in [0.1, 0.15) is 5.56 Å². The zero-order chi connectivity index (χ0) is 8.10. The topological polar surface area (TPSA) is 62.0 Å². The lowest BCUT2D eigenvalue weighted by molar-refractivity contribution is 0.322. The quantitative estimate of drug-likeness (QED) is 0.303. The van der Waals surface area contributed by atoms with E-state index in [9.17, 15) is 4.91 Å². The number of hydrogen-bond donors (Lipinski definition) is 1. The van der Waals surface area contributed by atoms with Crippen LogP contribution in [0.15, 0.2) is 34.6 Å². The first-order valence-corrected chi connectivity index (χ1v) is 2.98. The van der Waals surface area contributed by atoms with Gasteiger partial charge < -0.3 is 5.21 Å². The Kier molecular flexibility index (Phi) is 2.32. The molecule has 4 heteroatoms. The normalized spacial score (nSPS) is 10.2. The zero-order valence-electron chi connectivity index (χ0n) is 5.64. The monoisotopic (exact) mass is 150 g/mol. The number of oxime groups is 1. The van der Waals surface area contributed by atoms with Gasteiger partial charge in [-0.05, 0) is 11.2 Å². The molecule has 4 nitrogen and oxygen atoms in total. The first-order valence-electron chi connectivity index (χ1n) is 2.98. The predicted octanol–water partition coefficient (Wildman–Crippen LogP) is 1.89. The molecule has 0 fully saturated rings. The smallest absolute Gasteiger partial charge is 0.116 e. The predicted molar refractivity (Wildman–Crippen MR) is 41.3 cm³/mol. The van der Waals surface area contributed by atoms with Crippen LogP contribution in [-0.4, -0.2) is 11.4 Å². The molecule has 0 aliphatic carbocycles. The molecular formula is C7H6N2O2. The van der Waals surface area contributed by atoms with Gasteiger partial charge in [0.15, 0.2) is 0 Å². The number of rotatable bonds is 2. The molecule has 0 aromatic heterocycles. The van der Waals surface area contributed by atoms with Crippen LogP contribution in [-0.2, 0) is 0 Å². The van der Waals surface area contributed by atoms with Crippen LogP contribution in [0, 0.1) is 4.91 Å². The Labute approximate surface area is 63.1 Å². The molecular weight excluding hydrogens is 144 g/mol. The molecule has 0 heterocycles. The van der Waals surface area contributed by atoms with E-state index in [1.165, 1.54) is 0 Å². The molecule has 1 aromatic rings. The lowest BCUT2D eigenvalue weighted by atomic mass is 10.2. The van der Waals surface area contributed by atoms with Gasteiger partial charge >= 0.3 is 0 Å². The van der Waals surface area contributed by atoms with E-state index in [1.807, 2.05) is 0 Å². The van der Waals surface area contributed by atoms with E-state index in [-0.39, 0.29) is 5.69 Å². The molecule has 0 saturated carbocycles. The largest absolute Gasteiger partial charge is 0.411 e. The molecule has 56 valence electrons. The molecule has 1 rings (SSSR count). The average molecular weight is 150 g/mol.